The number of carbonyl (C=O) groups is 2. The van der Waals surface area contributed by atoms with Gasteiger partial charge < -0.3 is 20.1 Å². The molecule has 2 heterocycles. The summed E-state index contributed by atoms with van der Waals surface area (Å²) < 4.78 is 5.56. The maximum Gasteiger partial charge on any atom is 0.347 e. The second-order valence-corrected chi connectivity index (χ2v) is 8.36. The number of nitrogens with zero attached hydrogens (tertiary/aromatic N) is 4. The van der Waals surface area contributed by atoms with E-state index in [-0.39, 0.29) is 0 Å². The number of aliphatic carboxylic acids is 1. The quantitative estimate of drug-likeness (QED) is 0.299. The van der Waals surface area contributed by atoms with Gasteiger partial charge in [0, 0.05) is 24.3 Å². The predicted octanol–water partition coefficient (Wildman–Crippen LogP) is 3.23. The van der Waals surface area contributed by atoms with Gasteiger partial charge in [-0.1, -0.05) is 12.8 Å². The summed E-state index contributed by atoms with van der Waals surface area (Å²) in [4.78, 5) is 33.5. The first-order valence-corrected chi connectivity index (χ1v) is 11.0. The normalized spacial score (nSPS) is 14.6. The zero-order valence-corrected chi connectivity index (χ0v) is 19.2. The lowest BCUT2D eigenvalue weighted by molar-refractivity contribution is -0.152. The SMILES string of the molecule is Cc1c(/C=N\NC=O)nc(N2CCCCCC2)nc1Nc1ccc(OC(C)(C)C(=O)O)cc1. The van der Waals surface area contributed by atoms with Crippen molar-refractivity contribution in [1.29, 1.82) is 0 Å². The number of nitrogens with one attached hydrogen (secondary N) is 2. The van der Waals surface area contributed by atoms with E-state index in [1.165, 1.54) is 32.9 Å². The molecule has 0 unspecified atom stereocenters. The van der Waals surface area contributed by atoms with E-state index in [2.05, 4.69) is 25.7 Å². The van der Waals surface area contributed by atoms with Crippen LogP contribution in [0, 0.1) is 6.92 Å². The van der Waals surface area contributed by atoms with Crippen molar-refractivity contribution in [2.75, 3.05) is 23.3 Å². The molecule has 0 aliphatic carbocycles. The molecule has 176 valence electrons. The molecule has 0 radical (unpaired) electrons. The minimum absolute atomic E-state index is 0.449. The Morgan fingerprint density at radius 2 is 1.82 bits per heavy atom. The van der Waals surface area contributed by atoms with Crippen LogP contribution in [0.5, 0.6) is 5.75 Å². The van der Waals surface area contributed by atoms with Gasteiger partial charge in [-0.2, -0.15) is 10.1 Å². The van der Waals surface area contributed by atoms with Crippen LogP contribution in [-0.4, -0.2) is 52.4 Å². The number of rotatable bonds is 9. The highest BCUT2D eigenvalue weighted by Crippen LogP contribution is 2.26. The number of aromatic nitrogens is 2. The average Bonchev–Trinajstić information content (AvgIpc) is 3.07. The smallest absolute Gasteiger partial charge is 0.347 e. The predicted molar refractivity (Wildman–Crippen MR) is 126 cm³/mol. The van der Waals surface area contributed by atoms with Gasteiger partial charge >= 0.3 is 5.97 Å². The molecule has 0 bridgehead atoms. The minimum atomic E-state index is -1.33. The molecule has 33 heavy (non-hydrogen) atoms. The molecule has 2 aromatic rings. The van der Waals surface area contributed by atoms with Crippen molar-refractivity contribution in [3.8, 4) is 5.75 Å². The lowest BCUT2D eigenvalue weighted by Gasteiger charge is -2.23. The molecular weight excluding hydrogens is 424 g/mol. The number of hydrogen-bond acceptors (Lipinski definition) is 8. The number of anilines is 3. The standard InChI is InChI=1S/C23H30N6O4/c1-16-19(14-24-25-15-30)27-22(29-12-6-4-5-7-13-29)28-20(16)26-17-8-10-18(11-9-17)33-23(2,3)21(31)32/h8-11,14-15H,4-7,12-13H2,1-3H3,(H,25,30)(H,31,32)(H,26,27,28)/b24-14-. The third kappa shape index (κ3) is 6.41. The van der Waals surface area contributed by atoms with Crippen LogP contribution in [0.2, 0.25) is 0 Å². The molecule has 3 N–H and O–H groups in total. The van der Waals surface area contributed by atoms with E-state index in [0.717, 1.165) is 37.2 Å². The van der Waals surface area contributed by atoms with Gasteiger partial charge in [0.25, 0.3) is 0 Å². The van der Waals surface area contributed by atoms with E-state index in [1.807, 2.05) is 6.92 Å². The van der Waals surface area contributed by atoms with Crippen molar-refractivity contribution in [2.45, 2.75) is 52.1 Å². The molecule has 1 fully saturated rings. The van der Waals surface area contributed by atoms with Crippen LogP contribution in [0.25, 0.3) is 0 Å². The fourth-order valence-electron chi connectivity index (χ4n) is 3.39. The number of carboxylic acid groups (broad SMARTS) is 1. The van der Waals surface area contributed by atoms with Crippen LogP contribution >= 0.6 is 0 Å². The van der Waals surface area contributed by atoms with Crippen LogP contribution in [0.15, 0.2) is 29.4 Å². The average molecular weight is 455 g/mol. The lowest BCUT2D eigenvalue weighted by Crippen LogP contribution is -2.37. The molecular formula is C23H30N6O4. The van der Waals surface area contributed by atoms with Gasteiger partial charge in [-0.3, -0.25) is 4.79 Å². The Morgan fingerprint density at radius 3 is 2.42 bits per heavy atom. The van der Waals surface area contributed by atoms with Gasteiger partial charge in [0.2, 0.25) is 12.4 Å². The molecule has 10 heteroatoms. The molecule has 1 aliphatic rings. The molecule has 1 aromatic heterocycles. The number of carboxylic acids is 1. The van der Waals surface area contributed by atoms with Crippen molar-refractivity contribution in [3.05, 3.63) is 35.5 Å². The van der Waals surface area contributed by atoms with Crippen molar-refractivity contribution in [1.82, 2.24) is 15.4 Å². The summed E-state index contributed by atoms with van der Waals surface area (Å²) in [7, 11) is 0. The summed E-state index contributed by atoms with van der Waals surface area (Å²) in [6.07, 6.45) is 6.56. The Labute approximate surface area is 193 Å². The van der Waals surface area contributed by atoms with Gasteiger partial charge in [0.15, 0.2) is 5.60 Å². The number of carbonyl (C=O) groups excluding carboxylic acids is 1. The third-order valence-electron chi connectivity index (χ3n) is 5.38. The molecule has 1 aliphatic heterocycles. The second kappa shape index (κ2) is 10.8. The molecule has 1 amide bonds. The summed E-state index contributed by atoms with van der Waals surface area (Å²) in [6.45, 7) is 6.65. The summed E-state index contributed by atoms with van der Waals surface area (Å²) in [5, 5.41) is 16.4. The highest BCUT2D eigenvalue weighted by atomic mass is 16.5. The van der Waals surface area contributed by atoms with E-state index < -0.39 is 11.6 Å². The molecule has 0 atom stereocenters. The Hall–Kier alpha value is -3.69. The van der Waals surface area contributed by atoms with E-state index in [1.54, 1.807) is 24.3 Å². The van der Waals surface area contributed by atoms with Crippen molar-refractivity contribution in [2.24, 2.45) is 5.10 Å². The highest BCUT2D eigenvalue weighted by molar-refractivity contribution is 5.83. The molecule has 0 saturated carbocycles. The largest absolute Gasteiger partial charge is 0.478 e. The Kier molecular flexibility index (Phi) is 7.81. The molecule has 10 nitrogen and oxygen atoms in total. The maximum absolute atomic E-state index is 11.3. The number of benzene rings is 1. The lowest BCUT2D eigenvalue weighted by atomic mass is 10.1. The van der Waals surface area contributed by atoms with Crippen LogP contribution in [-0.2, 0) is 9.59 Å². The van der Waals surface area contributed by atoms with Crippen LogP contribution < -0.4 is 20.4 Å². The Morgan fingerprint density at radius 1 is 1.15 bits per heavy atom. The van der Waals surface area contributed by atoms with Gasteiger partial charge in [-0.05, 0) is 57.9 Å². The van der Waals surface area contributed by atoms with Gasteiger partial charge in [0.1, 0.15) is 11.6 Å². The van der Waals surface area contributed by atoms with E-state index >= 15 is 0 Å². The zero-order chi connectivity index (χ0) is 23.8. The summed E-state index contributed by atoms with van der Waals surface area (Å²) in [5.41, 5.74) is 3.08. The van der Waals surface area contributed by atoms with Crippen LogP contribution in [0.4, 0.5) is 17.5 Å². The maximum atomic E-state index is 11.3. The second-order valence-electron chi connectivity index (χ2n) is 8.36. The van der Waals surface area contributed by atoms with Crippen molar-refractivity contribution < 1.29 is 19.4 Å². The van der Waals surface area contributed by atoms with Crippen molar-refractivity contribution >= 4 is 36.0 Å². The van der Waals surface area contributed by atoms with Crippen LogP contribution in [0.3, 0.4) is 0 Å². The number of amides is 1. The highest BCUT2D eigenvalue weighted by Gasteiger charge is 2.29. The first-order valence-electron chi connectivity index (χ1n) is 11.0. The third-order valence-corrected chi connectivity index (χ3v) is 5.38. The Balaban J connectivity index is 1.87. The van der Waals surface area contributed by atoms with E-state index in [0.29, 0.717) is 29.6 Å². The first kappa shape index (κ1) is 24.0. The monoisotopic (exact) mass is 454 g/mol. The zero-order valence-electron chi connectivity index (χ0n) is 19.2. The fourth-order valence-corrected chi connectivity index (χ4v) is 3.39. The molecule has 0 spiro atoms. The van der Waals surface area contributed by atoms with Crippen LogP contribution in [0.1, 0.15) is 50.8 Å². The van der Waals surface area contributed by atoms with Gasteiger partial charge in [-0.25, -0.2) is 15.2 Å². The molecule has 1 aromatic carbocycles. The molecule has 3 rings (SSSR count). The Bertz CT molecular complexity index is 999. The van der Waals surface area contributed by atoms with E-state index in [9.17, 15) is 14.7 Å². The minimum Gasteiger partial charge on any atom is -0.478 e. The fraction of sp³-hybridized carbons (Fsp3) is 0.435. The summed E-state index contributed by atoms with van der Waals surface area (Å²) in [5.74, 6) is 0.642. The number of hydrogen-bond donors (Lipinski definition) is 3. The topological polar surface area (TPSA) is 129 Å². The summed E-state index contributed by atoms with van der Waals surface area (Å²) >= 11 is 0. The first-order chi connectivity index (χ1) is 15.8. The van der Waals surface area contributed by atoms with Crippen molar-refractivity contribution in [3.63, 3.8) is 0 Å². The number of ether oxygens (including phenoxy) is 1. The van der Waals surface area contributed by atoms with Gasteiger partial charge in [-0.15, -0.1) is 0 Å². The van der Waals surface area contributed by atoms with Gasteiger partial charge in [0.05, 0.1) is 11.9 Å². The number of hydrazone groups is 1. The molecule has 1 saturated heterocycles. The van der Waals surface area contributed by atoms with E-state index in [4.69, 9.17) is 9.72 Å². The summed E-state index contributed by atoms with van der Waals surface area (Å²) in [6, 6.07) is 7.00.